The van der Waals surface area contributed by atoms with Crippen molar-refractivity contribution in [3.8, 4) is 0 Å². The number of hydrogen-bond donors (Lipinski definition) is 2. The van der Waals surface area contributed by atoms with Crippen molar-refractivity contribution in [3.05, 3.63) is 68.8 Å². The Balaban J connectivity index is 1.75. The summed E-state index contributed by atoms with van der Waals surface area (Å²) >= 11 is 12.2. The highest BCUT2D eigenvalue weighted by Crippen LogP contribution is 2.33. The number of aromatic nitrogens is 2. The number of carbonyl (C=O) groups is 1. The van der Waals surface area contributed by atoms with E-state index in [4.69, 9.17) is 23.2 Å². The highest BCUT2D eigenvalue weighted by Gasteiger charge is 2.28. The average molecular weight is 441 g/mol. The van der Waals surface area contributed by atoms with E-state index in [0.29, 0.717) is 39.5 Å². The van der Waals surface area contributed by atoms with Crippen LogP contribution in [0, 0.1) is 19.8 Å². The summed E-state index contributed by atoms with van der Waals surface area (Å²) < 4.78 is 0. The van der Waals surface area contributed by atoms with E-state index in [1.807, 2.05) is 6.07 Å². The largest absolute Gasteiger partial charge is 0.339 e. The van der Waals surface area contributed by atoms with E-state index in [0.717, 1.165) is 17.8 Å². The first-order valence-electron chi connectivity index (χ1n) is 9.80. The van der Waals surface area contributed by atoms with E-state index < -0.39 is 0 Å². The summed E-state index contributed by atoms with van der Waals surface area (Å²) in [6, 6.07) is 11.3. The minimum atomic E-state index is 0.0454. The van der Waals surface area contributed by atoms with Crippen LogP contribution in [0.15, 0.2) is 36.4 Å². The third kappa shape index (κ3) is 4.27. The van der Waals surface area contributed by atoms with Crippen LogP contribution < -0.4 is 10.6 Å². The van der Waals surface area contributed by atoms with Crippen LogP contribution in [-0.4, -0.2) is 15.8 Å². The Kier molecular flexibility index (Phi) is 5.67. The minimum absolute atomic E-state index is 0.0454. The number of anilines is 4. The van der Waals surface area contributed by atoms with Crippen molar-refractivity contribution in [1.82, 2.24) is 9.97 Å². The van der Waals surface area contributed by atoms with Crippen LogP contribution in [0.25, 0.3) is 0 Å². The molecule has 1 aromatic heterocycles. The zero-order valence-corrected chi connectivity index (χ0v) is 18.5. The smallest absolute Gasteiger partial charge is 0.229 e. The van der Waals surface area contributed by atoms with Gasteiger partial charge in [0, 0.05) is 17.8 Å². The molecule has 2 N–H and O–H groups in total. The first kappa shape index (κ1) is 20.6. The lowest BCUT2D eigenvalue weighted by Crippen LogP contribution is -2.22. The molecule has 0 saturated carbocycles. The fourth-order valence-electron chi connectivity index (χ4n) is 3.57. The van der Waals surface area contributed by atoms with Crippen molar-refractivity contribution < 1.29 is 4.79 Å². The molecular formula is C23H22Cl2N4O. The second-order valence-electron chi connectivity index (χ2n) is 7.83. The van der Waals surface area contributed by atoms with Crippen molar-refractivity contribution in [3.63, 3.8) is 0 Å². The molecule has 0 saturated heterocycles. The highest BCUT2D eigenvalue weighted by molar-refractivity contribution is 6.42. The molecule has 5 nitrogen and oxygen atoms in total. The molecule has 0 bridgehead atoms. The second kappa shape index (κ2) is 8.25. The Hall–Kier alpha value is -2.63. The van der Waals surface area contributed by atoms with Crippen LogP contribution >= 0.6 is 23.2 Å². The molecule has 1 unspecified atom stereocenters. The molecule has 0 fully saturated rings. The number of nitrogens with zero attached hydrogens (tertiary/aromatic N) is 2. The molecule has 0 radical (unpaired) electrons. The molecule has 154 valence electrons. The number of halogens is 2. The van der Waals surface area contributed by atoms with E-state index in [1.54, 1.807) is 18.2 Å². The Morgan fingerprint density at radius 3 is 2.37 bits per heavy atom. The molecular weight excluding hydrogens is 419 g/mol. The Bertz CT molecular complexity index is 1150. The number of rotatable bonds is 4. The summed E-state index contributed by atoms with van der Waals surface area (Å²) in [5.74, 6) is 1.21. The van der Waals surface area contributed by atoms with Crippen LogP contribution in [0.3, 0.4) is 0 Å². The van der Waals surface area contributed by atoms with E-state index in [9.17, 15) is 4.79 Å². The van der Waals surface area contributed by atoms with Gasteiger partial charge in [0.1, 0.15) is 5.82 Å². The summed E-state index contributed by atoms with van der Waals surface area (Å²) in [5.41, 5.74) is 5.29. The molecule has 0 amide bonds. The Morgan fingerprint density at radius 2 is 1.63 bits per heavy atom. The van der Waals surface area contributed by atoms with E-state index in [2.05, 4.69) is 53.5 Å². The minimum Gasteiger partial charge on any atom is -0.339 e. The topological polar surface area (TPSA) is 66.9 Å². The van der Waals surface area contributed by atoms with Crippen molar-refractivity contribution in [2.24, 2.45) is 5.92 Å². The maximum absolute atomic E-state index is 12.8. The van der Waals surface area contributed by atoms with Crippen molar-refractivity contribution in [1.29, 1.82) is 0 Å². The molecule has 7 heteroatoms. The molecule has 3 aromatic rings. The number of Topliss-reactive ketones (excluding diaryl/α,β-unsaturated/α-hetero) is 1. The van der Waals surface area contributed by atoms with Gasteiger partial charge in [-0.05, 0) is 67.6 Å². The van der Waals surface area contributed by atoms with Crippen LogP contribution in [0.1, 0.15) is 40.5 Å². The third-order valence-electron chi connectivity index (χ3n) is 5.28. The fourth-order valence-corrected chi connectivity index (χ4v) is 3.87. The number of benzene rings is 2. The van der Waals surface area contributed by atoms with Crippen molar-refractivity contribution in [2.75, 3.05) is 10.6 Å². The maximum Gasteiger partial charge on any atom is 0.229 e. The van der Waals surface area contributed by atoms with Gasteiger partial charge in [0.2, 0.25) is 5.95 Å². The molecule has 1 aliphatic rings. The molecule has 0 aliphatic heterocycles. The second-order valence-corrected chi connectivity index (χ2v) is 8.65. The lowest BCUT2D eigenvalue weighted by atomic mass is 9.87. The van der Waals surface area contributed by atoms with E-state index in [1.165, 1.54) is 11.1 Å². The molecule has 30 heavy (non-hydrogen) atoms. The number of nitrogens with one attached hydrogen (secondary N) is 2. The predicted molar refractivity (Wildman–Crippen MR) is 123 cm³/mol. The lowest BCUT2D eigenvalue weighted by Gasteiger charge is -2.23. The Labute approximate surface area is 185 Å². The average Bonchev–Trinajstić information content (AvgIpc) is 2.67. The van der Waals surface area contributed by atoms with Crippen molar-refractivity contribution in [2.45, 2.75) is 33.6 Å². The monoisotopic (exact) mass is 440 g/mol. The normalized spacial score (nSPS) is 15.6. The quantitative estimate of drug-likeness (QED) is 0.474. The molecule has 0 spiro atoms. The maximum atomic E-state index is 12.8. The summed E-state index contributed by atoms with van der Waals surface area (Å²) in [6.07, 6.45) is 1.21. The summed E-state index contributed by atoms with van der Waals surface area (Å²) in [6.45, 7) is 6.19. The van der Waals surface area contributed by atoms with Gasteiger partial charge in [-0.25, -0.2) is 4.98 Å². The zero-order valence-electron chi connectivity index (χ0n) is 17.0. The molecule has 1 atom stereocenters. The van der Waals surface area contributed by atoms with Crippen LogP contribution in [0.2, 0.25) is 10.0 Å². The number of carbonyl (C=O) groups excluding carboxylic acids is 1. The number of fused-ring (bicyclic) bond motifs is 1. The van der Waals surface area contributed by atoms with E-state index in [-0.39, 0.29) is 11.7 Å². The van der Waals surface area contributed by atoms with Gasteiger partial charge >= 0.3 is 0 Å². The molecule has 2 aromatic carbocycles. The number of hydrogen-bond acceptors (Lipinski definition) is 5. The van der Waals surface area contributed by atoms with E-state index >= 15 is 0 Å². The summed E-state index contributed by atoms with van der Waals surface area (Å²) in [5, 5.41) is 7.41. The molecule has 4 rings (SSSR count). The van der Waals surface area contributed by atoms with Gasteiger partial charge < -0.3 is 10.6 Å². The van der Waals surface area contributed by atoms with Gasteiger partial charge in [-0.1, -0.05) is 36.2 Å². The van der Waals surface area contributed by atoms with Gasteiger partial charge in [-0.3, -0.25) is 4.79 Å². The van der Waals surface area contributed by atoms with Crippen LogP contribution in [-0.2, 0) is 6.42 Å². The lowest BCUT2D eigenvalue weighted by molar-refractivity contribution is 0.0953. The Morgan fingerprint density at radius 1 is 0.900 bits per heavy atom. The molecule has 1 heterocycles. The first-order chi connectivity index (χ1) is 14.3. The summed E-state index contributed by atoms with van der Waals surface area (Å²) in [7, 11) is 0. The van der Waals surface area contributed by atoms with Gasteiger partial charge in [-0.2, -0.15) is 4.98 Å². The van der Waals surface area contributed by atoms with Gasteiger partial charge in [0.05, 0.1) is 21.3 Å². The van der Waals surface area contributed by atoms with Gasteiger partial charge in [-0.15, -0.1) is 0 Å². The van der Waals surface area contributed by atoms with Gasteiger partial charge in [0.25, 0.3) is 0 Å². The van der Waals surface area contributed by atoms with Crippen molar-refractivity contribution >= 4 is 52.1 Å². The van der Waals surface area contributed by atoms with Crippen LogP contribution in [0.4, 0.5) is 23.1 Å². The SMILES string of the molecule is Cc1ccc(Nc2nc3c(c(Nc4ccc(Cl)c(Cl)c4)n2)C(=O)CC(C)C3)cc1C. The summed E-state index contributed by atoms with van der Waals surface area (Å²) in [4.78, 5) is 22.1. The number of ketones is 1. The van der Waals surface area contributed by atoms with Crippen LogP contribution in [0.5, 0.6) is 0 Å². The standard InChI is InChI=1S/C23H22Cl2N4O/c1-12-8-19-21(20(30)9-12)22(26-16-6-7-17(24)18(25)11-16)29-23(28-19)27-15-5-4-13(2)14(3)10-15/h4-7,10-12H,8-9H2,1-3H3,(H2,26,27,28,29). The molecule has 1 aliphatic carbocycles. The zero-order chi connectivity index (χ0) is 21.4. The predicted octanol–water partition coefficient (Wildman–Crippen LogP) is 6.65. The number of aryl methyl sites for hydroxylation is 2. The fraction of sp³-hybridized carbons (Fsp3) is 0.261. The van der Waals surface area contributed by atoms with Gasteiger partial charge in [0.15, 0.2) is 5.78 Å². The third-order valence-corrected chi connectivity index (χ3v) is 6.02. The highest BCUT2D eigenvalue weighted by atomic mass is 35.5. The first-order valence-corrected chi connectivity index (χ1v) is 10.6.